The van der Waals surface area contributed by atoms with Crippen LogP contribution in [0.5, 0.6) is 0 Å². The third kappa shape index (κ3) is 4.34. The molecule has 1 amide bonds. The largest absolute Gasteiger partial charge is 0.395 e. The Morgan fingerprint density at radius 2 is 1.97 bits per heavy atom. The van der Waals surface area contributed by atoms with Crippen LogP contribution in [-0.4, -0.2) is 40.8 Å². The van der Waals surface area contributed by atoms with Gasteiger partial charge in [-0.2, -0.15) is 0 Å². The first kappa shape index (κ1) is 23.2. The lowest BCUT2D eigenvalue weighted by atomic mass is 9.60. The van der Waals surface area contributed by atoms with Crippen LogP contribution in [-0.2, 0) is 16.8 Å². The number of aromatic nitrogens is 1. The van der Waals surface area contributed by atoms with Crippen molar-refractivity contribution in [2.75, 3.05) is 13.2 Å². The third-order valence-corrected chi connectivity index (χ3v) is 7.53. The minimum Gasteiger partial charge on any atom is -0.395 e. The Labute approximate surface area is 205 Å². The molecule has 1 atom stereocenters. The summed E-state index contributed by atoms with van der Waals surface area (Å²) in [4.78, 5) is 16.7. The number of aliphatic hydroxyl groups is 1. The van der Waals surface area contributed by atoms with Gasteiger partial charge in [-0.15, -0.1) is 0 Å². The average molecular weight is 469 g/mol. The lowest BCUT2D eigenvalue weighted by Crippen LogP contribution is -2.35. The first-order valence-electron chi connectivity index (χ1n) is 12.4. The van der Waals surface area contributed by atoms with Gasteiger partial charge in [0.1, 0.15) is 12.4 Å². The second-order valence-electron chi connectivity index (χ2n) is 9.71. The van der Waals surface area contributed by atoms with Gasteiger partial charge in [0.2, 0.25) is 5.91 Å². The highest BCUT2D eigenvalue weighted by atomic mass is 16.3. The summed E-state index contributed by atoms with van der Waals surface area (Å²) in [6, 6.07) is 17.1. The first-order chi connectivity index (χ1) is 17.0. The van der Waals surface area contributed by atoms with E-state index in [-0.39, 0.29) is 36.9 Å². The quantitative estimate of drug-likeness (QED) is 0.469. The summed E-state index contributed by atoms with van der Waals surface area (Å²) in [6.07, 6.45) is 10.3. The van der Waals surface area contributed by atoms with Gasteiger partial charge < -0.3 is 15.0 Å². The number of rotatable bonds is 7. The zero-order chi connectivity index (χ0) is 24.4. The van der Waals surface area contributed by atoms with E-state index in [1.807, 2.05) is 23.8 Å². The van der Waals surface area contributed by atoms with E-state index >= 15 is 0 Å². The Morgan fingerprint density at radius 3 is 2.69 bits per heavy atom. The number of carbonyl (C=O) groups excluding carboxylic acids is 1. The predicted molar refractivity (Wildman–Crippen MR) is 141 cm³/mol. The van der Waals surface area contributed by atoms with Crippen LogP contribution in [0, 0.1) is 11.3 Å². The molecule has 35 heavy (non-hydrogen) atoms. The number of amidine groups is 1. The molecule has 2 aromatic carbocycles. The Kier molecular flexibility index (Phi) is 6.39. The van der Waals surface area contributed by atoms with Crippen LogP contribution in [0.1, 0.15) is 49.3 Å². The molecule has 3 aromatic rings. The van der Waals surface area contributed by atoms with E-state index in [2.05, 4.69) is 65.0 Å². The van der Waals surface area contributed by atoms with E-state index in [1.165, 1.54) is 22.9 Å². The predicted octanol–water partition coefficient (Wildman–Crippen LogP) is 4.69. The van der Waals surface area contributed by atoms with Crippen LogP contribution in [0.15, 0.2) is 65.8 Å². The van der Waals surface area contributed by atoms with E-state index < -0.39 is 0 Å². The lowest BCUT2D eigenvalue weighted by molar-refractivity contribution is -0.121. The number of hydrogen-bond donors (Lipinski definition) is 3. The molecule has 0 bridgehead atoms. The van der Waals surface area contributed by atoms with Crippen molar-refractivity contribution in [3.8, 4) is 0 Å². The number of para-hydroxylation sites is 1. The monoisotopic (exact) mass is 468 g/mol. The SMILES string of the molecule is CC1CC=C(c2ccc(C3(c4cn(CC(=O)NCCO)c5ccccc45)CCC3)cc2)C=NC1=N. The zero-order valence-electron chi connectivity index (χ0n) is 20.1. The molecule has 180 valence electrons. The summed E-state index contributed by atoms with van der Waals surface area (Å²) >= 11 is 0. The van der Waals surface area contributed by atoms with Crippen LogP contribution < -0.4 is 5.32 Å². The van der Waals surface area contributed by atoms with Crippen LogP contribution >= 0.6 is 0 Å². The Balaban J connectivity index is 1.49. The maximum atomic E-state index is 12.4. The second kappa shape index (κ2) is 9.62. The summed E-state index contributed by atoms with van der Waals surface area (Å²) in [5.41, 5.74) is 5.76. The molecule has 1 aromatic heterocycles. The molecule has 1 unspecified atom stereocenters. The van der Waals surface area contributed by atoms with E-state index in [4.69, 9.17) is 10.5 Å². The molecule has 2 heterocycles. The minimum absolute atomic E-state index is 0.0620. The highest BCUT2D eigenvalue weighted by Gasteiger charge is 2.42. The number of allylic oxidation sites excluding steroid dienone is 2. The molecule has 1 aliphatic carbocycles. The van der Waals surface area contributed by atoms with Crippen molar-refractivity contribution >= 4 is 34.4 Å². The number of benzene rings is 2. The number of fused-ring (bicyclic) bond motifs is 1. The van der Waals surface area contributed by atoms with Crippen molar-refractivity contribution in [2.45, 2.75) is 44.6 Å². The van der Waals surface area contributed by atoms with E-state index in [9.17, 15) is 4.79 Å². The van der Waals surface area contributed by atoms with Crippen LogP contribution in [0.2, 0.25) is 0 Å². The number of amides is 1. The average Bonchev–Trinajstić information content (AvgIpc) is 3.11. The topological polar surface area (TPSA) is 90.5 Å². The number of hydrogen-bond acceptors (Lipinski definition) is 3. The number of nitrogens with zero attached hydrogens (tertiary/aromatic N) is 2. The van der Waals surface area contributed by atoms with Gasteiger partial charge in [0.15, 0.2) is 0 Å². The van der Waals surface area contributed by atoms with Crippen molar-refractivity contribution in [1.82, 2.24) is 9.88 Å². The maximum Gasteiger partial charge on any atom is 0.240 e. The van der Waals surface area contributed by atoms with Gasteiger partial charge in [0.05, 0.1) is 6.61 Å². The Morgan fingerprint density at radius 1 is 1.20 bits per heavy atom. The Bertz CT molecular complexity index is 1310. The van der Waals surface area contributed by atoms with Crippen molar-refractivity contribution in [3.05, 3.63) is 77.5 Å². The fraction of sp³-hybridized carbons (Fsp3) is 0.345. The van der Waals surface area contributed by atoms with Crippen molar-refractivity contribution in [2.24, 2.45) is 10.9 Å². The standard InChI is InChI=1S/C29H32N4O2/c1-20-7-8-22(17-32-28(20)30)21-9-11-23(12-10-21)29(13-4-14-29)25-18-33(19-27(35)31-15-16-34)26-6-3-2-5-24(25)26/h2-3,5-6,8-12,17-18,20,30,34H,4,7,13-16,19H2,1H3,(H,31,35). The van der Waals surface area contributed by atoms with Gasteiger partial charge in [-0.25, -0.2) is 4.99 Å². The normalized spacial score (nSPS) is 19.2. The highest BCUT2D eigenvalue weighted by Crippen LogP contribution is 2.51. The molecule has 3 N–H and O–H groups in total. The summed E-state index contributed by atoms with van der Waals surface area (Å²) < 4.78 is 2.04. The first-order valence-corrected chi connectivity index (χ1v) is 12.4. The fourth-order valence-electron chi connectivity index (χ4n) is 5.32. The zero-order valence-corrected chi connectivity index (χ0v) is 20.1. The van der Waals surface area contributed by atoms with Gasteiger partial charge in [0.25, 0.3) is 0 Å². The molecule has 0 spiro atoms. The fourth-order valence-corrected chi connectivity index (χ4v) is 5.32. The highest BCUT2D eigenvalue weighted by molar-refractivity contribution is 6.14. The molecule has 5 rings (SSSR count). The van der Waals surface area contributed by atoms with Crippen LogP contribution in [0.25, 0.3) is 16.5 Å². The van der Waals surface area contributed by atoms with E-state index in [0.29, 0.717) is 5.84 Å². The minimum atomic E-state index is -0.0981. The molecular weight excluding hydrogens is 436 g/mol. The van der Waals surface area contributed by atoms with Crippen LogP contribution in [0.4, 0.5) is 0 Å². The van der Waals surface area contributed by atoms with Gasteiger partial charge in [0, 0.05) is 41.2 Å². The van der Waals surface area contributed by atoms with E-state index in [0.717, 1.165) is 35.9 Å². The summed E-state index contributed by atoms with van der Waals surface area (Å²) in [5.74, 6) is 0.478. The van der Waals surface area contributed by atoms with Gasteiger partial charge >= 0.3 is 0 Å². The second-order valence-corrected chi connectivity index (χ2v) is 9.71. The number of aliphatic imine (C=N–C) groups is 1. The molecular formula is C29H32N4O2. The van der Waals surface area contributed by atoms with Gasteiger partial charge in [-0.3, -0.25) is 10.2 Å². The van der Waals surface area contributed by atoms with E-state index in [1.54, 1.807) is 0 Å². The lowest BCUT2D eigenvalue weighted by Gasteiger charge is -2.43. The third-order valence-electron chi connectivity index (χ3n) is 7.53. The molecule has 6 nitrogen and oxygen atoms in total. The van der Waals surface area contributed by atoms with Crippen molar-refractivity contribution in [1.29, 1.82) is 5.41 Å². The maximum absolute atomic E-state index is 12.4. The Hall–Kier alpha value is -3.51. The number of aliphatic hydroxyl groups excluding tert-OH is 1. The number of carbonyl (C=O) groups is 1. The molecule has 0 saturated heterocycles. The van der Waals surface area contributed by atoms with Crippen LogP contribution in [0.3, 0.4) is 0 Å². The molecule has 1 saturated carbocycles. The molecule has 0 radical (unpaired) electrons. The smallest absolute Gasteiger partial charge is 0.240 e. The van der Waals surface area contributed by atoms with Gasteiger partial charge in [-0.05, 0) is 47.6 Å². The summed E-state index contributed by atoms with van der Waals surface area (Å²) in [6.45, 7) is 2.47. The molecule has 2 aliphatic rings. The molecule has 6 heteroatoms. The summed E-state index contributed by atoms with van der Waals surface area (Å²) in [7, 11) is 0. The number of nitrogens with one attached hydrogen (secondary N) is 2. The summed E-state index contributed by atoms with van der Waals surface area (Å²) in [5, 5.41) is 21.0. The van der Waals surface area contributed by atoms with Crippen molar-refractivity contribution < 1.29 is 9.90 Å². The molecule has 1 aliphatic heterocycles. The van der Waals surface area contributed by atoms with Crippen molar-refractivity contribution in [3.63, 3.8) is 0 Å². The van der Waals surface area contributed by atoms with Gasteiger partial charge in [-0.1, -0.05) is 61.9 Å². The molecule has 1 fully saturated rings.